The van der Waals surface area contributed by atoms with E-state index in [1.165, 1.54) is 29.5 Å². The summed E-state index contributed by atoms with van der Waals surface area (Å²) in [4.78, 5) is 4.67. The van der Waals surface area contributed by atoms with Gasteiger partial charge in [0, 0.05) is 5.25 Å². The molecule has 1 aliphatic rings. The second-order valence-electron chi connectivity index (χ2n) is 6.60. The van der Waals surface area contributed by atoms with E-state index in [1.807, 2.05) is 6.07 Å². The zero-order chi connectivity index (χ0) is 16.4. The summed E-state index contributed by atoms with van der Waals surface area (Å²) in [5.41, 5.74) is 5.14. The highest BCUT2D eigenvalue weighted by Crippen LogP contribution is 2.43. The number of hydrogen-bond acceptors (Lipinski definition) is 3. The first-order valence-electron chi connectivity index (χ1n) is 8.40. The highest BCUT2D eigenvalue weighted by atomic mass is 32.2. The Balaban J connectivity index is 1.69. The van der Waals surface area contributed by atoms with E-state index in [4.69, 9.17) is 4.74 Å². The number of benzene rings is 1. The van der Waals surface area contributed by atoms with E-state index in [0.717, 1.165) is 22.4 Å². The van der Waals surface area contributed by atoms with Crippen molar-refractivity contribution >= 4 is 11.8 Å². The SMILES string of the molecule is Cc1c(OCc2cccc(SC(C)C)n2)ccc(C2CC2)c1C. The minimum atomic E-state index is 0.523. The van der Waals surface area contributed by atoms with Crippen LogP contribution in [-0.4, -0.2) is 10.2 Å². The molecule has 1 aliphatic carbocycles. The van der Waals surface area contributed by atoms with Gasteiger partial charge in [-0.25, -0.2) is 4.98 Å². The van der Waals surface area contributed by atoms with Crippen LogP contribution in [0, 0.1) is 13.8 Å². The van der Waals surface area contributed by atoms with Crippen LogP contribution >= 0.6 is 11.8 Å². The van der Waals surface area contributed by atoms with Crippen LogP contribution in [0.15, 0.2) is 35.4 Å². The molecule has 0 bridgehead atoms. The largest absolute Gasteiger partial charge is 0.487 e. The Labute approximate surface area is 143 Å². The van der Waals surface area contributed by atoms with E-state index in [9.17, 15) is 0 Å². The molecule has 1 fully saturated rings. The van der Waals surface area contributed by atoms with Gasteiger partial charge in [-0.3, -0.25) is 0 Å². The predicted octanol–water partition coefficient (Wildman–Crippen LogP) is 5.66. The second kappa shape index (κ2) is 6.96. The molecule has 1 aromatic heterocycles. The Hall–Kier alpha value is -1.48. The lowest BCUT2D eigenvalue weighted by molar-refractivity contribution is 0.298. The van der Waals surface area contributed by atoms with Gasteiger partial charge in [-0.15, -0.1) is 11.8 Å². The van der Waals surface area contributed by atoms with Crippen molar-refractivity contribution in [1.82, 2.24) is 4.98 Å². The molecule has 3 heteroatoms. The lowest BCUT2D eigenvalue weighted by Gasteiger charge is -2.14. The number of rotatable bonds is 6. The van der Waals surface area contributed by atoms with E-state index in [2.05, 4.69) is 56.9 Å². The second-order valence-corrected chi connectivity index (χ2v) is 8.20. The van der Waals surface area contributed by atoms with E-state index in [0.29, 0.717) is 11.9 Å². The monoisotopic (exact) mass is 327 g/mol. The number of pyridine rings is 1. The maximum Gasteiger partial charge on any atom is 0.130 e. The fourth-order valence-corrected chi connectivity index (χ4v) is 3.62. The van der Waals surface area contributed by atoms with Crippen LogP contribution in [0.5, 0.6) is 5.75 Å². The normalized spacial score (nSPS) is 14.3. The molecule has 0 saturated heterocycles. The first-order chi connectivity index (χ1) is 11.0. The van der Waals surface area contributed by atoms with Crippen LogP contribution in [0.2, 0.25) is 0 Å². The molecule has 1 heterocycles. The zero-order valence-corrected chi connectivity index (χ0v) is 15.2. The van der Waals surface area contributed by atoms with Gasteiger partial charge in [-0.2, -0.15) is 0 Å². The van der Waals surface area contributed by atoms with Crippen molar-refractivity contribution in [2.24, 2.45) is 0 Å². The first kappa shape index (κ1) is 16.4. The third kappa shape index (κ3) is 4.08. The van der Waals surface area contributed by atoms with E-state index >= 15 is 0 Å². The molecule has 1 aromatic carbocycles. The lowest BCUT2D eigenvalue weighted by atomic mass is 9.99. The van der Waals surface area contributed by atoms with Gasteiger partial charge in [-0.1, -0.05) is 26.0 Å². The van der Waals surface area contributed by atoms with Gasteiger partial charge < -0.3 is 4.74 Å². The summed E-state index contributed by atoms with van der Waals surface area (Å²) in [7, 11) is 0. The molecule has 0 amide bonds. The summed E-state index contributed by atoms with van der Waals surface area (Å²) in [6, 6.07) is 10.5. The summed E-state index contributed by atoms with van der Waals surface area (Å²) in [6.45, 7) is 9.27. The van der Waals surface area contributed by atoms with Gasteiger partial charge in [0.25, 0.3) is 0 Å². The van der Waals surface area contributed by atoms with E-state index in [1.54, 1.807) is 11.8 Å². The quantitative estimate of drug-likeness (QED) is 0.640. The van der Waals surface area contributed by atoms with Crippen LogP contribution in [0.1, 0.15) is 55.0 Å². The maximum absolute atomic E-state index is 6.05. The Morgan fingerprint density at radius 3 is 2.61 bits per heavy atom. The summed E-state index contributed by atoms with van der Waals surface area (Å²) < 4.78 is 6.05. The predicted molar refractivity (Wildman–Crippen MR) is 97.5 cm³/mol. The van der Waals surface area contributed by atoms with Gasteiger partial charge in [-0.05, 0) is 67.5 Å². The van der Waals surface area contributed by atoms with Crippen LogP contribution < -0.4 is 4.74 Å². The molecule has 0 spiro atoms. The van der Waals surface area contributed by atoms with Crippen molar-refractivity contribution in [2.75, 3.05) is 0 Å². The van der Waals surface area contributed by atoms with Crippen molar-refractivity contribution in [3.8, 4) is 5.75 Å². The van der Waals surface area contributed by atoms with Gasteiger partial charge in [0.15, 0.2) is 0 Å². The Bertz CT molecular complexity index is 692. The Morgan fingerprint density at radius 1 is 1.13 bits per heavy atom. The molecule has 122 valence electrons. The molecule has 1 saturated carbocycles. The van der Waals surface area contributed by atoms with E-state index in [-0.39, 0.29) is 0 Å². The molecule has 2 aromatic rings. The average molecular weight is 327 g/mol. The third-order valence-corrected chi connectivity index (χ3v) is 5.25. The molecule has 0 radical (unpaired) electrons. The topological polar surface area (TPSA) is 22.1 Å². The minimum absolute atomic E-state index is 0.523. The van der Waals surface area contributed by atoms with Crippen molar-refractivity contribution < 1.29 is 4.74 Å². The van der Waals surface area contributed by atoms with Crippen molar-refractivity contribution in [2.45, 2.75) is 63.3 Å². The van der Waals surface area contributed by atoms with Crippen LogP contribution in [0.25, 0.3) is 0 Å². The van der Waals surface area contributed by atoms with Crippen molar-refractivity contribution in [3.05, 3.63) is 52.7 Å². The number of ether oxygens (including phenoxy) is 1. The summed E-state index contributed by atoms with van der Waals surface area (Å²) in [5.74, 6) is 1.77. The van der Waals surface area contributed by atoms with Crippen molar-refractivity contribution in [1.29, 1.82) is 0 Å². The van der Waals surface area contributed by atoms with Crippen LogP contribution in [0.4, 0.5) is 0 Å². The molecule has 2 nitrogen and oxygen atoms in total. The van der Waals surface area contributed by atoms with Crippen LogP contribution in [-0.2, 0) is 6.61 Å². The highest BCUT2D eigenvalue weighted by Gasteiger charge is 2.26. The molecule has 0 aliphatic heterocycles. The molecular weight excluding hydrogens is 302 g/mol. The van der Waals surface area contributed by atoms with Gasteiger partial charge in [0.2, 0.25) is 0 Å². The minimum Gasteiger partial charge on any atom is -0.487 e. The Morgan fingerprint density at radius 2 is 1.91 bits per heavy atom. The molecule has 0 atom stereocenters. The van der Waals surface area contributed by atoms with Gasteiger partial charge in [0.1, 0.15) is 12.4 Å². The lowest BCUT2D eigenvalue weighted by Crippen LogP contribution is -2.02. The fourth-order valence-electron chi connectivity index (χ4n) is 2.81. The van der Waals surface area contributed by atoms with Crippen molar-refractivity contribution in [3.63, 3.8) is 0 Å². The summed E-state index contributed by atoms with van der Waals surface area (Å²) in [5, 5.41) is 1.61. The molecule has 3 rings (SSSR count). The molecular formula is C20H25NOS. The molecule has 0 unspecified atom stereocenters. The Kier molecular flexibility index (Phi) is 4.96. The summed E-state index contributed by atoms with van der Waals surface area (Å²) in [6.07, 6.45) is 2.68. The number of thioether (sulfide) groups is 1. The highest BCUT2D eigenvalue weighted by molar-refractivity contribution is 7.99. The van der Waals surface area contributed by atoms with Gasteiger partial charge >= 0.3 is 0 Å². The van der Waals surface area contributed by atoms with Crippen LogP contribution in [0.3, 0.4) is 0 Å². The number of nitrogens with zero attached hydrogens (tertiary/aromatic N) is 1. The first-order valence-corrected chi connectivity index (χ1v) is 9.28. The average Bonchev–Trinajstić information content (AvgIpc) is 3.33. The zero-order valence-electron chi connectivity index (χ0n) is 14.4. The fraction of sp³-hybridized carbons (Fsp3) is 0.450. The molecule has 0 N–H and O–H groups in total. The smallest absolute Gasteiger partial charge is 0.130 e. The van der Waals surface area contributed by atoms with Gasteiger partial charge in [0.05, 0.1) is 10.7 Å². The number of aromatic nitrogens is 1. The molecule has 23 heavy (non-hydrogen) atoms. The summed E-state index contributed by atoms with van der Waals surface area (Å²) >= 11 is 1.79. The van der Waals surface area contributed by atoms with E-state index < -0.39 is 0 Å². The third-order valence-electron chi connectivity index (χ3n) is 4.31. The standard InChI is InChI=1S/C20H25NOS/c1-13(2)23-20-7-5-6-17(21-20)12-22-19-11-10-18(16-8-9-16)14(3)15(19)4/h5-7,10-11,13,16H,8-9,12H2,1-4H3. The number of hydrogen-bond donors (Lipinski definition) is 0. The maximum atomic E-state index is 6.05.